The number of carboxylic acid groups (broad SMARTS) is 1. The van der Waals surface area contributed by atoms with Gasteiger partial charge in [0.05, 0.1) is 12.5 Å². The number of pyridine rings is 1. The molecule has 0 saturated heterocycles. The first-order chi connectivity index (χ1) is 9.05. The summed E-state index contributed by atoms with van der Waals surface area (Å²) in [6.07, 6.45) is 4.08. The van der Waals surface area contributed by atoms with Gasteiger partial charge in [0.25, 0.3) is 0 Å². The van der Waals surface area contributed by atoms with E-state index in [1.807, 2.05) is 12.1 Å². The van der Waals surface area contributed by atoms with Crippen molar-refractivity contribution in [1.29, 1.82) is 0 Å². The van der Waals surface area contributed by atoms with Crippen molar-refractivity contribution in [3.8, 4) is 5.88 Å². The van der Waals surface area contributed by atoms with Gasteiger partial charge in [0, 0.05) is 18.2 Å². The molecule has 19 heavy (non-hydrogen) atoms. The summed E-state index contributed by atoms with van der Waals surface area (Å²) in [6, 6.07) is 5.52. The van der Waals surface area contributed by atoms with E-state index < -0.39 is 11.4 Å². The molecule has 1 aliphatic carbocycles. The Hall–Kier alpha value is -1.58. The number of hydrogen-bond donors (Lipinski definition) is 1. The van der Waals surface area contributed by atoms with Gasteiger partial charge in [-0.25, -0.2) is 4.98 Å². The summed E-state index contributed by atoms with van der Waals surface area (Å²) >= 11 is 0. The highest BCUT2D eigenvalue weighted by Gasteiger charge is 2.42. The lowest BCUT2D eigenvalue weighted by Gasteiger charge is -2.36. The molecule has 2 rings (SSSR count). The number of hydrogen-bond acceptors (Lipinski definition) is 3. The molecular weight excluding hydrogens is 242 g/mol. The lowest BCUT2D eigenvalue weighted by atomic mass is 9.67. The molecule has 2 atom stereocenters. The van der Waals surface area contributed by atoms with Crippen molar-refractivity contribution in [2.24, 2.45) is 11.3 Å². The summed E-state index contributed by atoms with van der Waals surface area (Å²) in [5.74, 6) is 0.320. The zero-order valence-electron chi connectivity index (χ0n) is 11.6. The van der Waals surface area contributed by atoms with Gasteiger partial charge in [-0.2, -0.15) is 0 Å². The Morgan fingerprint density at radius 3 is 3.00 bits per heavy atom. The summed E-state index contributed by atoms with van der Waals surface area (Å²) in [7, 11) is 1.57. The molecule has 4 heteroatoms. The average Bonchev–Trinajstić information content (AvgIpc) is 2.38. The van der Waals surface area contributed by atoms with E-state index >= 15 is 0 Å². The molecule has 1 N–H and O–H groups in total. The fourth-order valence-corrected chi connectivity index (χ4v) is 3.11. The average molecular weight is 263 g/mol. The Bertz CT molecular complexity index is 460. The standard InChI is InChI=1S/C15H21NO3/c1-11-5-4-8-15(9-11,14(17)18)10-12-6-3-7-13(16-12)19-2/h3,6-7,11H,4-5,8-10H2,1-2H3,(H,17,18). The van der Waals surface area contributed by atoms with Crippen LogP contribution < -0.4 is 4.74 Å². The molecule has 1 aliphatic rings. The van der Waals surface area contributed by atoms with Crippen LogP contribution in [0.2, 0.25) is 0 Å². The maximum Gasteiger partial charge on any atom is 0.310 e. The van der Waals surface area contributed by atoms with Gasteiger partial charge >= 0.3 is 5.97 Å². The SMILES string of the molecule is COc1cccc(CC2(C(=O)O)CCCC(C)C2)n1. The highest BCUT2D eigenvalue weighted by molar-refractivity contribution is 5.75. The number of nitrogens with zero attached hydrogens (tertiary/aromatic N) is 1. The lowest BCUT2D eigenvalue weighted by molar-refractivity contribution is -0.152. The second kappa shape index (κ2) is 5.59. The Balaban J connectivity index is 2.23. The molecular formula is C15H21NO3. The van der Waals surface area contributed by atoms with Crippen molar-refractivity contribution in [2.75, 3.05) is 7.11 Å². The van der Waals surface area contributed by atoms with Gasteiger partial charge in [-0.05, 0) is 24.8 Å². The van der Waals surface area contributed by atoms with Crippen molar-refractivity contribution in [1.82, 2.24) is 4.98 Å². The molecule has 0 aliphatic heterocycles. The number of rotatable bonds is 4. The van der Waals surface area contributed by atoms with E-state index in [-0.39, 0.29) is 0 Å². The van der Waals surface area contributed by atoms with Gasteiger partial charge in [-0.3, -0.25) is 4.79 Å². The first-order valence-corrected chi connectivity index (χ1v) is 6.79. The van der Waals surface area contributed by atoms with Gasteiger partial charge in [-0.1, -0.05) is 25.8 Å². The smallest absolute Gasteiger partial charge is 0.310 e. The third kappa shape index (κ3) is 3.06. The normalized spacial score (nSPS) is 26.9. The Labute approximate surface area is 113 Å². The molecule has 0 spiro atoms. The van der Waals surface area contributed by atoms with Crippen LogP contribution >= 0.6 is 0 Å². The second-order valence-electron chi connectivity index (χ2n) is 5.64. The molecule has 104 valence electrons. The topological polar surface area (TPSA) is 59.4 Å². The molecule has 0 amide bonds. The molecule has 0 bridgehead atoms. The molecule has 1 aromatic rings. The Morgan fingerprint density at radius 2 is 2.37 bits per heavy atom. The van der Waals surface area contributed by atoms with Crippen LogP contribution in [0, 0.1) is 11.3 Å². The number of methoxy groups -OCH3 is 1. The van der Waals surface area contributed by atoms with Crippen LogP contribution in [0.5, 0.6) is 5.88 Å². The predicted molar refractivity (Wildman–Crippen MR) is 72.2 cm³/mol. The predicted octanol–water partition coefficient (Wildman–Crippen LogP) is 2.91. The molecule has 0 aromatic carbocycles. The fourth-order valence-electron chi connectivity index (χ4n) is 3.11. The Morgan fingerprint density at radius 1 is 1.58 bits per heavy atom. The fraction of sp³-hybridized carbons (Fsp3) is 0.600. The lowest BCUT2D eigenvalue weighted by Crippen LogP contribution is -2.38. The van der Waals surface area contributed by atoms with E-state index in [1.54, 1.807) is 13.2 Å². The first-order valence-electron chi connectivity index (χ1n) is 6.79. The Kier molecular flexibility index (Phi) is 4.08. The van der Waals surface area contributed by atoms with Crippen LogP contribution in [0.3, 0.4) is 0 Å². The van der Waals surface area contributed by atoms with E-state index in [0.717, 1.165) is 31.4 Å². The van der Waals surface area contributed by atoms with Crippen LogP contribution in [0.4, 0.5) is 0 Å². The second-order valence-corrected chi connectivity index (χ2v) is 5.64. The maximum absolute atomic E-state index is 11.7. The largest absolute Gasteiger partial charge is 0.481 e. The maximum atomic E-state index is 11.7. The molecule has 1 aromatic heterocycles. The summed E-state index contributed by atoms with van der Waals surface area (Å²) in [4.78, 5) is 16.1. The molecule has 0 radical (unpaired) electrons. The molecule has 4 nitrogen and oxygen atoms in total. The minimum atomic E-state index is -0.691. The summed E-state index contributed by atoms with van der Waals surface area (Å²) in [5.41, 5.74) is 0.146. The van der Waals surface area contributed by atoms with Gasteiger partial charge in [-0.15, -0.1) is 0 Å². The van der Waals surface area contributed by atoms with Crippen molar-refractivity contribution < 1.29 is 14.6 Å². The van der Waals surface area contributed by atoms with Crippen LogP contribution in [-0.2, 0) is 11.2 Å². The van der Waals surface area contributed by atoms with Crippen LogP contribution in [-0.4, -0.2) is 23.2 Å². The van der Waals surface area contributed by atoms with Crippen molar-refractivity contribution >= 4 is 5.97 Å². The minimum absolute atomic E-state index is 0.468. The van der Waals surface area contributed by atoms with Crippen molar-refractivity contribution in [3.63, 3.8) is 0 Å². The summed E-state index contributed by atoms with van der Waals surface area (Å²) in [6.45, 7) is 2.13. The third-order valence-corrected chi connectivity index (χ3v) is 4.05. The van der Waals surface area contributed by atoms with E-state index in [1.165, 1.54) is 0 Å². The number of aromatic nitrogens is 1. The minimum Gasteiger partial charge on any atom is -0.481 e. The summed E-state index contributed by atoms with van der Waals surface area (Å²) in [5, 5.41) is 9.64. The number of carbonyl (C=O) groups is 1. The molecule has 1 heterocycles. The summed E-state index contributed by atoms with van der Waals surface area (Å²) < 4.78 is 5.10. The molecule has 2 unspecified atom stereocenters. The number of ether oxygens (including phenoxy) is 1. The van der Waals surface area contributed by atoms with Crippen molar-refractivity contribution in [2.45, 2.75) is 39.0 Å². The van der Waals surface area contributed by atoms with Gasteiger partial charge in [0.2, 0.25) is 5.88 Å². The molecule has 1 saturated carbocycles. The third-order valence-electron chi connectivity index (χ3n) is 4.05. The monoisotopic (exact) mass is 263 g/mol. The van der Waals surface area contributed by atoms with E-state index in [2.05, 4.69) is 11.9 Å². The van der Waals surface area contributed by atoms with Crippen LogP contribution in [0.1, 0.15) is 38.3 Å². The highest BCUT2D eigenvalue weighted by Crippen LogP contribution is 2.42. The van der Waals surface area contributed by atoms with Gasteiger partial charge < -0.3 is 9.84 Å². The zero-order chi connectivity index (χ0) is 13.9. The first kappa shape index (κ1) is 13.8. The van der Waals surface area contributed by atoms with Gasteiger partial charge in [0.1, 0.15) is 0 Å². The number of aliphatic carboxylic acids is 1. The zero-order valence-corrected chi connectivity index (χ0v) is 11.6. The number of carboxylic acids is 1. The van der Waals surface area contributed by atoms with E-state index in [9.17, 15) is 9.90 Å². The highest BCUT2D eigenvalue weighted by atomic mass is 16.5. The van der Waals surface area contributed by atoms with Crippen LogP contribution in [0.25, 0.3) is 0 Å². The van der Waals surface area contributed by atoms with E-state index in [0.29, 0.717) is 18.2 Å². The van der Waals surface area contributed by atoms with Gasteiger partial charge in [0.15, 0.2) is 0 Å². The quantitative estimate of drug-likeness (QED) is 0.907. The molecule has 1 fully saturated rings. The van der Waals surface area contributed by atoms with E-state index in [4.69, 9.17) is 4.74 Å². The van der Waals surface area contributed by atoms with Crippen LogP contribution in [0.15, 0.2) is 18.2 Å². The van der Waals surface area contributed by atoms with Crippen molar-refractivity contribution in [3.05, 3.63) is 23.9 Å².